The highest BCUT2D eigenvalue weighted by Crippen LogP contribution is 2.23. The van der Waals surface area contributed by atoms with Crippen LogP contribution in [0.15, 0.2) is 24.3 Å². The molecule has 1 aliphatic rings. The smallest absolute Gasteiger partial charge is 0.260 e. The summed E-state index contributed by atoms with van der Waals surface area (Å²) in [5.41, 5.74) is 0. The van der Waals surface area contributed by atoms with Gasteiger partial charge in [0.2, 0.25) is 0 Å². The van der Waals surface area contributed by atoms with Crippen molar-refractivity contribution in [1.29, 1.82) is 0 Å². The topological polar surface area (TPSA) is 63.7 Å². The van der Waals surface area contributed by atoms with Crippen LogP contribution in [0.5, 0.6) is 5.75 Å². The van der Waals surface area contributed by atoms with E-state index in [4.69, 9.17) is 16.3 Å². The van der Waals surface area contributed by atoms with Gasteiger partial charge in [0.25, 0.3) is 5.91 Å². The van der Waals surface area contributed by atoms with E-state index >= 15 is 0 Å². The second-order valence-electron chi connectivity index (χ2n) is 4.96. The molecule has 0 saturated carbocycles. The third-order valence-corrected chi connectivity index (χ3v) is 5.56. The SMILES string of the molecule is CCN(C(=O)COc1ccccc1Cl)C1CCS(=O)(=O)C1. The van der Waals surface area contributed by atoms with Crippen molar-refractivity contribution in [2.45, 2.75) is 19.4 Å². The maximum absolute atomic E-state index is 12.2. The highest BCUT2D eigenvalue weighted by atomic mass is 35.5. The minimum absolute atomic E-state index is 0.0404. The Hall–Kier alpha value is -1.27. The maximum atomic E-state index is 12.2. The van der Waals surface area contributed by atoms with Gasteiger partial charge < -0.3 is 9.64 Å². The van der Waals surface area contributed by atoms with Crippen molar-refractivity contribution in [3.8, 4) is 5.75 Å². The van der Waals surface area contributed by atoms with Crippen molar-refractivity contribution >= 4 is 27.3 Å². The van der Waals surface area contributed by atoms with Crippen molar-refractivity contribution in [3.05, 3.63) is 29.3 Å². The molecule has 21 heavy (non-hydrogen) atoms. The maximum Gasteiger partial charge on any atom is 0.260 e. The number of benzene rings is 1. The largest absolute Gasteiger partial charge is 0.482 e. The first-order valence-corrected chi connectivity index (χ1v) is 9.00. The quantitative estimate of drug-likeness (QED) is 0.824. The van der Waals surface area contributed by atoms with Crippen LogP contribution in [0.25, 0.3) is 0 Å². The standard InChI is InChI=1S/C14H18ClNO4S/c1-2-16(11-7-8-21(18,19)10-11)14(17)9-20-13-6-4-3-5-12(13)15/h3-6,11H,2,7-10H2,1H3. The number of hydrogen-bond donors (Lipinski definition) is 0. The van der Waals surface area contributed by atoms with Crippen LogP contribution in [0.2, 0.25) is 5.02 Å². The van der Waals surface area contributed by atoms with Gasteiger partial charge in [-0.15, -0.1) is 0 Å². The number of carbonyl (C=O) groups is 1. The fourth-order valence-corrected chi connectivity index (χ4v) is 4.36. The molecule has 0 aromatic heterocycles. The van der Waals surface area contributed by atoms with Crippen LogP contribution in [0, 0.1) is 0 Å². The van der Waals surface area contributed by atoms with Crippen molar-refractivity contribution < 1.29 is 17.9 Å². The van der Waals surface area contributed by atoms with Crippen LogP contribution >= 0.6 is 11.6 Å². The van der Waals surface area contributed by atoms with E-state index in [1.54, 1.807) is 29.2 Å². The number of rotatable bonds is 5. The Morgan fingerprint density at radius 2 is 2.14 bits per heavy atom. The van der Waals surface area contributed by atoms with Gasteiger partial charge in [-0.3, -0.25) is 4.79 Å². The Kier molecular flexibility index (Phi) is 5.11. The average Bonchev–Trinajstić information content (AvgIpc) is 2.79. The Balaban J connectivity index is 1.97. The van der Waals surface area contributed by atoms with Gasteiger partial charge >= 0.3 is 0 Å². The second kappa shape index (κ2) is 6.66. The van der Waals surface area contributed by atoms with E-state index in [0.29, 0.717) is 23.7 Å². The van der Waals surface area contributed by atoms with Crippen LogP contribution in [-0.4, -0.2) is 49.9 Å². The highest BCUT2D eigenvalue weighted by Gasteiger charge is 2.33. The lowest BCUT2D eigenvalue weighted by Crippen LogP contribution is -2.43. The zero-order valence-electron chi connectivity index (χ0n) is 11.8. The first-order valence-electron chi connectivity index (χ1n) is 6.80. The molecule has 116 valence electrons. The van der Waals surface area contributed by atoms with E-state index in [9.17, 15) is 13.2 Å². The molecule has 0 spiro atoms. The Labute approximate surface area is 129 Å². The molecule has 1 amide bonds. The fraction of sp³-hybridized carbons (Fsp3) is 0.500. The summed E-state index contributed by atoms with van der Waals surface area (Å²) in [4.78, 5) is 13.8. The van der Waals surface area contributed by atoms with Crippen LogP contribution in [-0.2, 0) is 14.6 Å². The first-order chi connectivity index (χ1) is 9.93. The number of likely N-dealkylation sites (N-methyl/N-ethyl adjacent to an activating group) is 1. The molecular formula is C14H18ClNO4S. The van der Waals surface area contributed by atoms with Gasteiger partial charge in [0.15, 0.2) is 16.4 Å². The van der Waals surface area contributed by atoms with Crippen molar-refractivity contribution in [3.63, 3.8) is 0 Å². The van der Waals surface area contributed by atoms with Crippen molar-refractivity contribution in [1.82, 2.24) is 4.90 Å². The van der Waals surface area contributed by atoms with E-state index in [0.717, 1.165) is 0 Å². The number of amides is 1. The van der Waals surface area contributed by atoms with E-state index in [1.807, 2.05) is 6.92 Å². The molecule has 0 radical (unpaired) electrons. The zero-order chi connectivity index (χ0) is 15.5. The number of para-hydroxylation sites is 1. The minimum atomic E-state index is -3.01. The Bertz CT molecular complexity index is 617. The molecule has 0 bridgehead atoms. The summed E-state index contributed by atoms with van der Waals surface area (Å²) < 4.78 is 28.5. The molecule has 1 unspecified atom stereocenters. The molecule has 0 N–H and O–H groups in total. The van der Waals surface area contributed by atoms with Gasteiger partial charge in [-0.2, -0.15) is 0 Å². The number of nitrogens with zero attached hydrogens (tertiary/aromatic N) is 1. The van der Waals surface area contributed by atoms with E-state index in [2.05, 4.69) is 0 Å². The van der Waals surface area contributed by atoms with Crippen LogP contribution < -0.4 is 4.74 Å². The molecule has 1 atom stereocenters. The summed E-state index contributed by atoms with van der Waals surface area (Å²) in [5, 5.41) is 0.441. The summed E-state index contributed by atoms with van der Waals surface area (Å²) >= 11 is 5.96. The zero-order valence-corrected chi connectivity index (χ0v) is 13.4. The van der Waals surface area contributed by atoms with Crippen molar-refractivity contribution in [2.24, 2.45) is 0 Å². The number of hydrogen-bond acceptors (Lipinski definition) is 4. The molecule has 1 heterocycles. The molecule has 0 aliphatic carbocycles. The van der Waals surface area contributed by atoms with Crippen molar-refractivity contribution in [2.75, 3.05) is 24.7 Å². The molecular weight excluding hydrogens is 314 g/mol. The molecule has 1 aromatic carbocycles. The average molecular weight is 332 g/mol. The second-order valence-corrected chi connectivity index (χ2v) is 7.59. The molecule has 5 nitrogen and oxygen atoms in total. The lowest BCUT2D eigenvalue weighted by molar-refractivity contribution is -0.135. The van der Waals surface area contributed by atoms with Gasteiger partial charge in [-0.25, -0.2) is 8.42 Å². The number of carbonyl (C=O) groups excluding carboxylic acids is 1. The third-order valence-electron chi connectivity index (χ3n) is 3.50. The first kappa shape index (κ1) is 16.1. The van der Waals surface area contributed by atoms with Gasteiger partial charge in [-0.1, -0.05) is 23.7 Å². The molecule has 1 saturated heterocycles. The summed E-state index contributed by atoms with van der Waals surface area (Å²) in [6, 6.07) is 6.67. The van der Waals surface area contributed by atoms with Gasteiger partial charge in [-0.05, 0) is 25.5 Å². The summed E-state index contributed by atoms with van der Waals surface area (Å²) in [5.74, 6) is 0.410. The lowest BCUT2D eigenvalue weighted by atomic mass is 10.2. The molecule has 1 aromatic rings. The Morgan fingerprint density at radius 3 is 2.71 bits per heavy atom. The van der Waals surface area contributed by atoms with Gasteiger partial charge in [0, 0.05) is 12.6 Å². The Morgan fingerprint density at radius 1 is 1.43 bits per heavy atom. The lowest BCUT2D eigenvalue weighted by Gasteiger charge is -2.26. The van der Waals surface area contributed by atoms with Gasteiger partial charge in [0.05, 0.1) is 16.5 Å². The predicted octanol–water partition coefficient (Wildman–Crippen LogP) is 1.75. The van der Waals surface area contributed by atoms with Crippen LogP contribution in [0.4, 0.5) is 0 Å². The molecule has 2 rings (SSSR count). The fourth-order valence-electron chi connectivity index (χ4n) is 2.44. The number of sulfone groups is 1. The predicted molar refractivity (Wildman–Crippen MR) is 81.4 cm³/mol. The monoisotopic (exact) mass is 331 g/mol. The normalized spacial score (nSPS) is 20.2. The summed E-state index contributed by atoms with van der Waals surface area (Å²) in [6.45, 7) is 2.15. The third kappa shape index (κ3) is 4.11. The van der Waals surface area contributed by atoms with Crippen LogP contribution in [0.1, 0.15) is 13.3 Å². The van der Waals surface area contributed by atoms with E-state index in [-0.39, 0.29) is 30.1 Å². The number of halogens is 1. The van der Waals surface area contributed by atoms with E-state index in [1.165, 1.54) is 0 Å². The van der Waals surface area contributed by atoms with Crippen LogP contribution in [0.3, 0.4) is 0 Å². The minimum Gasteiger partial charge on any atom is -0.482 e. The molecule has 1 aliphatic heterocycles. The summed E-state index contributed by atoms with van der Waals surface area (Å²) in [6.07, 6.45) is 0.494. The molecule has 1 fully saturated rings. The van der Waals surface area contributed by atoms with E-state index < -0.39 is 9.84 Å². The number of ether oxygens (including phenoxy) is 1. The summed E-state index contributed by atoms with van der Waals surface area (Å²) in [7, 11) is -3.01. The molecule has 7 heteroatoms. The highest BCUT2D eigenvalue weighted by molar-refractivity contribution is 7.91. The van der Waals surface area contributed by atoms with Gasteiger partial charge in [0.1, 0.15) is 5.75 Å².